The summed E-state index contributed by atoms with van der Waals surface area (Å²) in [5.41, 5.74) is 29.1. The number of nitrogens with zero attached hydrogens (tertiary/aromatic N) is 9. The molecule has 1 saturated heterocycles. The predicted molar refractivity (Wildman–Crippen MR) is 164 cm³/mol. The summed E-state index contributed by atoms with van der Waals surface area (Å²) in [6.07, 6.45) is -12.0. The number of ether oxygens (including phenoxy) is 6. The number of benzene rings is 2. The number of esters is 2. The van der Waals surface area contributed by atoms with Crippen LogP contribution in [0.1, 0.15) is 31.4 Å². The van der Waals surface area contributed by atoms with Gasteiger partial charge in [-0.2, -0.15) is 0 Å². The lowest BCUT2D eigenvalue weighted by atomic mass is 9.84. The van der Waals surface area contributed by atoms with Gasteiger partial charge in [0.25, 0.3) is 0 Å². The highest BCUT2D eigenvalue weighted by Crippen LogP contribution is 2.37. The molecule has 1 aliphatic carbocycles. The van der Waals surface area contributed by atoms with Crippen molar-refractivity contribution in [1.82, 2.24) is 0 Å². The third kappa shape index (κ3) is 9.56. The second kappa shape index (κ2) is 17.8. The number of alkyl halides is 1. The van der Waals surface area contributed by atoms with E-state index >= 15 is 4.39 Å². The Balaban J connectivity index is 1.72. The van der Waals surface area contributed by atoms with Crippen molar-refractivity contribution in [2.45, 2.75) is 94.7 Å². The van der Waals surface area contributed by atoms with Gasteiger partial charge in [-0.3, -0.25) is 9.59 Å². The Bertz CT molecular complexity index is 1520. The van der Waals surface area contributed by atoms with Crippen LogP contribution in [-0.2, 0) is 51.2 Å². The molecule has 2 aliphatic rings. The minimum atomic E-state index is -1.93. The van der Waals surface area contributed by atoms with E-state index in [2.05, 4.69) is 30.1 Å². The summed E-state index contributed by atoms with van der Waals surface area (Å²) in [4.78, 5) is 32.8. The van der Waals surface area contributed by atoms with Crippen LogP contribution in [0.3, 0.4) is 0 Å². The highest BCUT2D eigenvalue weighted by molar-refractivity contribution is 5.67. The van der Waals surface area contributed by atoms with Crippen molar-refractivity contribution in [1.29, 1.82) is 0 Å². The van der Waals surface area contributed by atoms with Crippen molar-refractivity contribution in [3.05, 3.63) is 103 Å². The smallest absolute Gasteiger partial charge is 0.303 e. The molecule has 2 fully saturated rings. The Morgan fingerprint density at radius 3 is 1.81 bits per heavy atom. The molecule has 254 valence electrons. The molecule has 4 rings (SSSR count). The highest BCUT2D eigenvalue weighted by atomic mass is 19.1. The van der Waals surface area contributed by atoms with Crippen LogP contribution in [0, 0.1) is 0 Å². The first-order valence-electron chi connectivity index (χ1n) is 15.0. The van der Waals surface area contributed by atoms with E-state index in [0.717, 1.165) is 19.4 Å². The lowest BCUT2D eigenvalue weighted by molar-refractivity contribution is -0.325. The topological polar surface area (TPSA) is 236 Å². The van der Waals surface area contributed by atoms with Crippen LogP contribution in [-0.4, -0.2) is 79.7 Å². The second-order valence-electron chi connectivity index (χ2n) is 11.0. The summed E-state index contributed by atoms with van der Waals surface area (Å²) in [6, 6.07) is 15.6. The quantitative estimate of drug-likeness (QED) is 0.107. The molecule has 48 heavy (non-hydrogen) atoms. The van der Waals surface area contributed by atoms with Gasteiger partial charge >= 0.3 is 11.9 Å². The van der Waals surface area contributed by atoms with Gasteiger partial charge in [-0.05, 0) is 34.1 Å². The second-order valence-corrected chi connectivity index (χ2v) is 11.0. The lowest BCUT2D eigenvalue weighted by Gasteiger charge is -2.47. The number of carbonyl (C=O) groups excluding carboxylic acids is 2. The molecule has 10 atom stereocenters. The third-order valence-electron chi connectivity index (χ3n) is 7.65. The molecule has 1 heterocycles. The van der Waals surface area contributed by atoms with Gasteiger partial charge in [0.05, 0.1) is 37.9 Å². The van der Waals surface area contributed by atoms with Gasteiger partial charge in [0.1, 0.15) is 24.4 Å². The van der Waals surface area contributed by atoms with Gasteiger partial charge in [0.2, 0.25) is 0 Å². The summed E-state index contributed by atoms with van der Waals surface area (Å²) in [6.45, 7) is 1.77. The van der Waals surface area contributed by atoms with E-state index in [9.17, 15) is 20.7 Å². The van der Waals surface area contributed by atoms with Crippen molar-refractivity contribution >= 4 is 11.9 Å². The average molecular weight is 668 g/mol. The Morgan fingerprint density at radius 2 is 1.29 bits per heavy atom. The summed E-state index contributed by atoms with van der Waals surface area (Å²) < 4.78 is 52.2. The van der Waals surface area contributed by atoms with E-state index in [4.69, 9.17) is 34.0 Å². The number of rotatable bonds is 14. The Hall–Kier alpha value is -4.92. The zero-order valence-corrected chi connectivity index (χ0v) is 26.0. The van der Waals surface area contributed by atoms with Crippen molar-refractivity contribution in [3.8, 4) is 0 Å². The van der Waals surface area contributed by atoms with Crippen LogP contribution in [0.4, 0.5) is 4.39 Å². The molecule has 1 aliphatic heterocycles. The fourth-order valence-corrected chi connectivity index (χ4v) is 5.63. The van der Waals surface area contributed by atoms with Crippen molar-refractivity contribution in [2.24, 2.45) is 15.3 Å². The van der Waals surface area contributed by atoms with E-state index in [-0.39, 0.29) is 26.2 Å². The molecule has 17 nitrogen and oxygen atoms in total. The summed E-state index contributed by atoms with van der Waals surface area (Å²) >= 11 is 0. The summed E-state index contributed by atoms with van der Waals surface area (Å²) in [7, 11) is 0. The van der Waals surface area contributed by atoms with Crippen molar-refractivity contribution in [3.63, 3.8) is 0 Å². The fourth-order valence-electron chi connectivity index (χ4n) is 5.63. The first-order chi connectivity index (χ1) is 23.2. The molecule has 0 spiro atoms. The largest absolute Gasteiger partial charge is 0.458 e. The average Bonchev–Trinajstić information content (AvgIpc) is 3.07. The van der Waals surface area contributed by atoms with Crippen LogP contribution in [0.5, 0.6) is 0 Å². The van der Waals surface area contributed by atoms with Crippen LogP contribution >= 0.6 is 0 Å². The van der Waals surface area contributed by atoms with Gasteiger partial charge in [-0.25, -0.2) is 4.39 Å². The fraction of sp³-hybridized carbons (Fsp3) is 0.533. The maximum absolute atomic E-state index is 16.7. The number of azide groups is 3. The minimum absolute atomic E-state index is 0.0000432. The Kier molecular flexibility index (Phi) is 13.4. The molecule has 0 N–H and O–H groups in total. The Morgan fingerprint density at radius 1 is 0.771 bits per heavy atom. The molecule has 1 saturated carbocycles. The summed E-state index contributed by atoms with van der Waals surface area (Å²) in [5.74, 6) is -1.61. The normalized spacial score (nSPS) is 29.6. The monoisotopic (exact) mass is 667 g/mol. The third-order valence-corrected chi connectivity index (χ3v) is 7.65. The van der Waals surface area contributed by atoms with E-state index in [1.165, 1.54) is 0 Å². The van der Waals surface area contributed by atoms with E-state index in [1.807, 2.05) is 12.1 Å². The molecule has 0 bridgehead atoms. The number of hydrogen-bond acceptors (Lipinski definition) is 11. The van der Waals surface area contributed by atoms with Gasteiger partial charge in [-0.15, -0.1) is 0 Å². The van der Waals surface area contributed by atoms with E-state index < -0.39 is 73.1 Å². The highest BCUT2D eigenvalue weighted by Gasteiger charge is 2.54. The van der Waals surface area contributed by atoms with Crippen LogP contribution in [0.2, 0.25) is 0 Å². The van der Waals surface area contributed by atoms with Crippen LogP contribution < -0.4 is 0 Å². The molecular formula is C30H34FN9O8. The predicted octanol–water partition coefficient (Wildman–Crippen LogP) is 5.54. The van der Waals surface area contributed by atoms with Crippen LogP contribution in [0.25, 0.3) is 31.3 Å². The maximum Gasteiger partial charge on any atom is 0.303 e. The SMILES string of the molecule is CC(=O)O[C@@H]1[C@@H](OC(C)=O)[C@H](N=[N+]=[N-])C[C@H](N=[N+]=[N-])[C@H]1O[C@H]1O[C@H](CN=[N+]=[N-])[C@@H](OCc2ccccc2)[C@H](F)[C@H]1OCc1ccccc1. The Labute approximate surface area is 274 Å². The number of hydrogen-bond donors (Lipinski definition) is 0. The molecule has 18 heteroatoms. The first kappa shape index (κ1) is 35.9. The zero-order valence-electron chi connectivity index (χ0n) is 26.0. The maximum atomic E-state index is 16.7. The zero-order chi connectivity index (χ0) is 34.5. The van der Waals surface area contributed by atoms with E-state index in [0.29, 0.717) is 5.56 Å². The van der Waals surface area contributed by atoms with E-state index in [1.54, 1.807) is 48.5 Å². The standard InChI is InChI=1S/C30H34FN9O8/c1-17(41)45-25-21(36-39-33)13-22(37-40-34)26(29(25)46-18(2)42)48-30-28(44-16-20-11-7-4-8-12-20)24(31)27(23(47-30)14-35-38-32)43-15-19-9-5-3-6-10-19/h3-12,21-30H,13-16H2,1-2H3/t21-,22+,23-,24+,25+,26-,27-,28-,29-,30-/m1/s1. The number of carbonyl (C=O) groups is 2. The molecule has 2 aromatic rings. The molecule has 0 unspecified atom stereocenters. The molecule has 2 aromatic carbocycles. The van der Waals surface area contributed by atoms with Gasteiger partial charge in [0, 0.05) is 28.6 Å². The lowest BCUT2D eigenvalue weighted by Crippen LogP contribution is -2.63. The molecule has 0 amide bonds. The minimum Gasteiger partial charge on any atom is -0.458 e. The molecule has 0 radical (unpaired) electrons. The molecular weight excluding hydrogens is 633 g/mol. The summed E-state index contributed by atoms with van der Waals surface area (Å²) in [5, 5.41) is 11.0. The first-order valence-corrected chi connectivity index (χ1v) is 15.0. The molecule has 0 aromatic heterocycles. The van der Waals surface area contributed by atoms with Gasteiger partial charge in [0.15, 0.2) is 18.6 Å². The van der Waals surface area contributed by atoms with Gasteiger partial charge in [-0.1, -0.05) is 76.0 Å². The van der Waals surface area contributed by atoms with Gasteiger partial charge < -0.3 is 28.4 Å². The van der Waals surface area contributed by atoms with Crippen molar-refractivity contribution in [2.75, 3.05) is 6.54 Å². The van der Waals surface area contributed by atoms with Crippen LogP contribution in [0.15, 0.2) is 76.0 Å². The van der Waals surface area contributed by atoms with Crippen molar-refractivity contribution < 1.29 is 42.4 Å². The number of halogens is 1.